The van der Waals surface area contributed by atoms with Gasteiger partial charge in [0.05, 0.1) is 17.0 Å². The summed E-state index contributed by atoms with van der Waals surface area (Å²) in [4.78, 5) is 17.4. The summed E-state index contributed by atoms with van der Waals surface area (Å²) in [6.07, 6.45) is 3.76. The first-order valence-corrected chi connectivity index (χ1v) is 10.6. The number of nitrogens with zero attached hydrogens (tertiary/aromatic N) is 2. The number of carbonyl (C=O) groups is 1. The Morgan fingerprint density at radius 2 is 2.04 bits per heavy atom. The van der Waals surface area contributed by atoms with Crippen molar-refractivity contribution >= 4 is 38.9 Å². The van der Waals surface area contributed by atoms with E-state index in [-0.39, 0.29) is 17.3 Å². The minimum absolute atomic E-state index is 0.119. The molecule has 6 nitrogen and oxygen atoms in total. The highest BCUT2D eigenvalue weighted by Crippen LogP contribution is 2.26. The van der Waals surface area contributed by atoms with Gasteiger partial charge in [0, 0.05) is 22.6 Å². The molecule has 25 heavy (non-hydrogen) atoms. The third-order valence-corrected chi connectivity index (χ3v) is 6.95. The minimum atomic E-state index is -3.85. The van der Waals surface area contributed by atoms with Crippen LogP contribution in [-0.2, 0) is 21.4 Å². The largest absolute Gasteiger partial charge is 0.355 e. The maximum Gasteiger partial charge on any atom is 0.244 e. The molecule has 0 aliphatic carbocycles. The van der Waals surface area contributed by atoms with Gasteiger partial charge >= 0.3 is 0 Å². The molecule has 1 N–H and O–H groups in total. The SMILES string of the molecule is O=C1NCCCC[C@H]1N(Cc1cncs1)S(=O)(=O)c1ccc(Cl)cc1. The molecule has 1 saturated heterocycles. The highest BCUT2D eigenvalue weighted by Gasteiger charge is 2.36. The summed E-state index contributed by atoms with van der Waals surface area (Å²) in [5, 5.41) is 3.27. The predicted octanol–water partition coefficient (Wildman–Crippen LogP) is 2.66. The normalized spacial score (nSPS) is 18.8. The number of halogens is 1. The fourth-order valence-corrected chi connectivity index (χ4v) is 5.17. The average molecular weight is 400 g/mol. The quantitative estimate of drug-likeness (QED) is 0.838. The number of benzene rings is 1. The van der Waals surface area contributed by atoms with Gasteiger partial charge in [-0.3, -0.25) is 9.78 Å². The van der Waals surface area contributed by atoms with Gasteiger partial charge in [-0.05, 0) is 43.5 Å². The van der Waals surface area contributed by atoms with Crippen molar-refractivity contribution in [3.63, 3.8) is 0 Å². The van der Waals surface area contributed by atoms with E-state index < -0.39 is 16.1 Å². The summed E-state index contributed by atoms with van der Waals surface area (Å²) in [6, 6.07) is 5.27. The number of aromatic nitrogens is 1. The molecule has 1 aromatic heterocycles. The number of thiazole rings is 1. The van der Waals surface area contributed by atoms with Gasteiger partial charge in [0.25, 0.3) is 0 Å². The molecule has 3 rings (SSSR count). The Bertz CT molecular complexity index is 823. The molecule has 134 valence electrons. The van der Waals surface area contributed by atoms with Crippen molar-refractivity contribution in [2.75, 3.05) is 6.54 Å². The Hall–Kier alpha value is -1.48. The number of hydrogen-bond donors (Lipinski definition) is 1. The number of carbonyl (C=O) groups excluding carboxylic acids is 1. The van der Waals surface area contributed by atoms with Gasteiger partial charge in [-0.15, -0.1) is 11.3 Å². The summed E-state index contributed by atoms with van der Waals surface area (Å²) in [5.74, 6) is -0.250. The molecule has 1 aliphatic rings. The smallest absolute Gasteiger partial charge is 0.244 e. The molecular formula is C16H18ClN3O3S2. The van der Waals surface area contributed by atoms with Crippen molar-refractivity contribution in [3.8, 4) is 0 Å². The van der Waals surface area contributed by atoms with Crippen LogP contribution in [0.1, 0.15) is 24.1 Å². The average Bonchev–Trinajstić information content (AvgIpc) is 3.01. The van der Waals surface area contributed by atoms with Crippen LogP contribution in [0, 0.1) is 0 Å². The zero-order valence-electron chi connectivity index (χ0n) is 13.4. The first-order valence-electron chi connectivity index (χ1n) is 7.91. The van der Waals surface area contributed by atoms with Gasteiger partial charge in [0.2, 0.25) is 15.9 Å². The lowest BCUT2D eigenvalue weighted by molar-refractivity contribution is -0.124. The molecule has 0 bridgehead atoms. The lowest BCUT2D eigenvalue weighted by Gasteiger charge is -2.28. The molecule has 1 amide bonds. The molecule has 0 saturated carbocycles. The maximum absolute atomic E-state index is 13.2. The lowest BCUT2D eigenvalue weighted by Crippen LogP contribution is -2.48. The van der Waals surface area contributed by atoms with Crippen LogP contribution >= 0.6 is 22.9 Å². The van der Waals surface area contributed by atoms with Crippen LogP contribution in [0.25, 0.3) is 0 Å². The first-order chi connectivity index (χ1) is 12.0. The molecule has 9 heteroatoms. The maximum atomic E-state index is 13.2. The van der Waals surface area contributed by atoms with Crippen LogP contribution in [-0.4, -0.2) is 36.2 Å². The summed E-state index contributed by atoms with van der Waals surface area (Å²) in [7, 11) is -3.85. The summed E-state index contributed by atoms with van der Waals surface area (Å²) in [5.41, 5.74) is 1.65. The molecule has 0 spiro atoms. The lowest BCUT2D eigenvalue weighted by atomic mass is 10.1. The highest BCUT2D eigenvalue weighted by molar-refractivity contribution is 7.89. The van der Waals surface area contributed by atoms with E-state index in [0.717, 1.165) is 17.7 Å². The monoisotopic (exact) mass is 399 g/mol. The third-order valence-electron chi connectivity index (χ3n) is 4.07. The van der Waals surface area contributed by atoms with E-state index in [1.165, 1.54) is 39.9 Å². The van der Waals surface area contributed by atoms with Crippen molar-refractivity contribution < 1.29 is 13.2 Å². The fourth-order valence-electron chi connectivity index (χ4n) is 2.78. The van der Waals surface area contributed by atoms with E-state index in [1.54, 1.807) is 11.7 Å². The minimum Gasteiger partial charge on any atom is -0.355 e. The Morgan fingerprint density at radius 1 is 1.28 bits per heavy atom. The first kappa shape index (κ1) is 18.3. The number of rotatable bonds is 5. The van der Waals surface area contributed by atoms with Gasteiger partial charge < -0.3 is 5.32 Å². The second kappa shape index (κ2) is 7.82. The zero-order chi connectivity index (χ0) is 17.9. The molecule has 1 atom stereocenters. The third kappa shape index (κ3) is 4.20. The summed E-state index contributed by atoms with van der Waals surface area (Å²) < 4.78 is 27.7. The molecular weight excluding hydrogens is 382 g/mol. The molecule has 0 radical (unpaired) electrons. The molecule has 1 aromatic carbocycles. The standard InChI is InChI=1S/C16H18ClN3O3S2/c17-12-4-6-14(7-5-12)25(22,23)20(10-13-9-18-11-24-13)15-3-1-2-8-19-16(15)21/h4-7,9,11,15H,1-3,8,10H2,(H,19,21)/t15-/m1/s1. The van der Waals surface area contributed by atoms with Crippen LogP contribution < -0.4 is 5.32 Å². The Kier molecular flexibility index (Phi) is 5.73. The van der Waals surface area contributed by atoms with Crippen molar-refractivity contribution in [3.05, 3.63) is 45.9 Å². The van der Waals surface area contributed by atoms with Crippen molar-refractivity contribution in [2.24, 2.45) is 0 Å². The van der Waals surface area contributed by atoms with Gasteiger partial charge in [0.1, 0.15) is 6.04 Å². The Morgan fingerprint density at radius 3 is 2.72 bits per heavy atom. The second-order valence-electron chi connectivity index (χ2n) is 5.77. The molecule has 0 unspecified atom stereocenters. The van der Waals surface area contributed by atoms with Crippen molar-refractivity contribution in [1.29, 1.82) is 0 Å². The number of hydrogen-bond acceptors (Lipinski definition) is 5. The van der Waals surface area contributed by atoms with E-state index in [1.807, 2.05) is 0 Å². The number of amides is 1. The van der Waals surface area contributed by atoms with Crippen molar-refractivity contribution in [2.45, 2.75) is 36.7 Å². The number of sulfonamides is 1. The second-order valence-corrected chi connectivity index (χ2v) is 9.07. The molecule has 2 aromatic rings. The van der Waals surface area contributed by atoms with E-state index in [0.29, 0.717) is 18.0 Å². The van der Waals surface area contributed by atoms with Gasteiger partial charge in [-0.1, -0.05) is 11.6 Å². The molecule has 2 heterocycles. The predicted molar refractivity (Wildman–Crippen MR) is 96.9 cm³/mol. The molecule has 1 fully saturated rings. The van der Waals surface area contributed by atoms with E-state index in [9.17, 15) is 13.2 Å². The van der Waals surface area contributed by atoms with Crippen LogP contribution in [0.15, 0.2) is 40.9 Å². The van der Waals surface area contributed by atoms with Crippen LogP contribution in [0.2, 0.25) is 5.02 Å². The summed E-state index contributed by atoms with van der Waals surface area (Å²) in [6.45, 7) is 0.693. The Balaban J connectivity index is 2.00. The van der Waals surface area contributed by atoms with Gasteiger partial charge in [-0.25, -0.2) is 8.42 Å². The summed E-state index contributed by atoms with van der Waals surface area (Å²) >= 11 is 7.24. The van der Waals surface area contributed by atoms with Gasteiger partial charge in [-0.2, -0.15) is 4.31 Å². The van der Waals surface area contributed by atoms with Gasteiger partial charge in [0.15, 0.2) is 0 Å². The van der Waals surface area contributed by atoms with Crippen LogP contribution in [0.4, 0.5) is 0 Å². The van der Waals surface area contributed by atoms with Crippen LogP contribution in [0.3, 0.4) is 0 Å². The van der Waals surface area contributed by atoms with Crippen LogP contribution in [0.5, 0.6) is 0 Å². The fraction of sp³-hybridized carbons (Fsp3) is 0.375. The molecule has 1 aliphatic heterocycles. The Labute approximate surface area is 155 Å². The zero-order valence-corrected chi connectivity index (χ0v) is 15.8. The topological polar surface area (TPSA) is 79.4 Å². The van der Waals surface area contributed by atoms with Crippen molar-refractivity contribution in [1.82, 2.24) is 14.6 Å². The van der Waals surface area contributed by atoms with E-state index in [4.69, 9.17) is 11.6 Å². The number of nitrogens with one attached hydrogen (secondary N) is 1. The van der Waals surface area contributed by atoms with E-state index >= 15 is 0 Å². The highest BCUT2D eigenvalue weighted by atomic mass is 35.5. The van der Waals surface area contributed by atoms with E-state index in [2.05, 4.69) is 10.3 Å².